The first-order chi connectivity index (χ1) is 17.6. The van der Waals surface area contributed by atoms with Gasteiger partial charge in [0.2, 0.25) is 6.29 Å². The van der Waals surface area contributed by atoms with E-state index >= 15 is 0 Å². The zero-order valence-electron chi connectivity index (χ0n) is 19.7. The molecule has 0 radical (unpaired) electrons. The van der Waals surface area contributed by atoms with Crippen LogP contribution in [0.5, 0.6) is 11.5 Å². The Morgan fingerprint density at radius 1 is 1.03 bits per heavy atom. The molecule has 0 amide bonds. The highest BCUT2D eigenvalue weighted by atomic mass is 16.8. The zero-order chi connectivity index (χ0) is 26.9. The molecule has 13 heteroatoms. The van der Waals surface area contributed by atoms with E-state index in [1.807, 2.05) is 0 Å². The van der Waals surface area contributed by atoms with Gasteiger partial charge in [-0.3, -0.25) is 4.79 Å². The summed E-state index contributed by atoms with van der Waals surface area (Å²) in [6.07, 6.45) is -7.94. The van der Waals surface area contributed by atoms with Crippen molar-refractivity contribution in [3.63, 3.8) is 0 Å². The lowest BCUT2D eigenvalue weighted by atomic mass is 9.86. The number of ether oxygens (including phenoxy) is 5. The number of hydrogen-bond donors (Lipinski definition) is 6. The van der Waals surface area contributed by atoms with Crippen molar-refractivity contribution >= 4 is 11.9 Å². The number of carboxylic acid groups (broad SMARTS) is 1. The second kappa shape index (κ2) is 11.0. The van der Waals surface area contributed by atoms with E-state index in [2.05, 4.69) is 0 Å². The molecule has 0 spiro atoms. The number of aliphatic hydroxyl groups excluding tert-OH is 3. The molecule has 4 bridgehead atoms. The molecule has 0 unspecified atom stereocenters. The first-order valence-electron chi connectivity index (χ1n) is 11.5. The third-order valence-corrected chi connectivity index (χ3v) is 6.47. The van der Waals surface area contributed by atoms with Crippen LogP contribution >= 0.6 is 0 Å². The molecular formula is C24H28O13. The molecule has 2 saturated heterocycles. The average molecular weight is 524 g/mol. The Morgan fingerprint density at radius 2 is 1.78 bits per heavy atom. The number of benzene rings is 1. The summed E-state index contributed by atoms with van der Waals surface area (Å²) < 4.78 is 28.0. The Kier molecular flexibility index (Phi) is 8.02. The minimum atomic E-state index is -1.70. The van der Waals surface area contributed by atoms with E-state index in [4.69, 9.17) is 23.7 Å². The van der Waals surface area contributed by atoms with Crippen LogP contribution in [0.4, 0.5) is 0 Å². The summed E-state index contributed by atoms with van der Waals surface area (Å²) in [5, 5.41) is 60.6. The van der Waals surface area contributed by atoms with Gasteiger partial charge in [0.15, 0.2) is 17.8 Å². The summed E-state index contributed by atoms with van der Waals surface area (Å²) in [5.41, 5.74) is 0.324. The molecule has 37 heavy (non-hydrogen) atoms. The number of allylic oxidation sites excluding steroid dienone is 1. The lowest BCUT2D eigenvalue weighted by molar-refractivity contribution is -0.330. The highest BCUT2D eigenvalue weighted by molar-refractivity contribution is 5.89. The number of carbonyl (C=O) groups is 2. The number of carbonyl (C=O) groups excluding carboxylic acids is 1. The molecule has 3 aliphatic heterocycles. The lowest BCUT2D eigenvalue weighted by Gasteiger charge is -2.42. The van der Waals surface area contributed by atoms with E-state index in [-0.39, 0.29) is 30.1 Å². The molecule has 13 nitrogen and oxygen atoms in total. The fourth-order valence-electron chi connectivity index (χ4n) is 4.39. The first-order valence-corrected chi connectivity index (χ1v) is 11.5. The van der Waals surface area contributed by atoms with Gasteiger partial charge in [0.1, 0.15) is 37.1 Å². The van der Waals surface area contributed by atoms with Crippen molar-refractivity contribution in [3.8, 4) is 11.5 Å². The second-order valence-corrected chi connectivity index (χ2v) is 8.80. The third-order valence-electron chi connectivity index (χ3n) is 6.47. The number of aliphatic carboxylic acids is 1. The maximum Gasteiger partial charge on any atom is 0.335 e. The molecule has 3 aliphatic rings. The van der Waals surface area contributed by atoms with Gasteiger partial charge in [0, 0.05) is 11.5 Å². The van der Waals surface area contributed by atoms with Crippen molar-refractivity contribution in [2.75, 3.05) is 13.2 Å². The van der Waals surface area contributed by atoms with E-state index in [1.165, 1.54) is 24.3 Å². The highest BCUT2D eigenvalue weighted by Crippen LogP contribution is 2.37. The number of phenols is 2. The van der Waals surface area contributed by atoms with Crippen LogP contribution in [0.1, 0.15) is 25.0 Å². The topological polar surface area (TPSA) is 202 Å². The van der Waals surface area contributed by atoms with Crippen LogP contribution in [0, 0.1) is 5.92 Å². The van der Waals surface area contributed by atoms with Gasteiger partial charge in [-0.25, -0.2) is 4.79 Å². The van der Waals surface area contributed by atoms with Crippen molar-refractivity contribution in [1.82, 2.24) is 0 Å². The number of carboxylic acids is 1. The molecule has 8 atom stereocenters. The number of hydrogen-bond acceptors (Lipinski definition) is 12. The van der Waals surface area contributed by atoms with Crippen LogP contribution in [-0.2, 0) is 33.3 Å². The summed E-state index contributed by atoms with van der Waals surface area (Å²) in [6.45, 7) is 0.852. The first kappa shape index (κ1) is 26.9. The van der Waals surface area contributed by atoms with E-state index in [0.717, 1.165) is 6.26 Å². The van der Waals surface area contributed by atoms with Crippen LogP contribution in [0.15, 0.2) is 41.7 Å². The largest absolute Gasteiger partial charge is 0.504 e. The molecule has 1 aromatic rings. The standard InChI is InChI=1S/C24H28O13/c1-2-11-12-6-18(27)34-8-16(10-3-4-14(25)15(26)5-10)33-9-17-19(28)20(29)21(30)24(36-17)37-23(11)35-7-13(12)22(31)32/h2-5,7,12,16-17,19-21,23-26,28-30H,6,8-9H2,1H3,(H,31,32)/t12-,16+,17+,19+,20-,21+,23-,24-/m0/s1. The van der Waals surface area contributed by atoms with Crippen molar-refractivity contribution in [1.29, 1.82) is 0 Å². The third kappa shape index (κ3) is 5.56. The van der Waals surface area contributed by atoms with Gasteiger partial charge in [-0.05, 0) is 24.6 Å². The Morgan fingerprint density at radius 3 is 2.46 bits per heavy atom. The minimum Gasteiger partial charge on any atom is -0.504 e. The molecule has 0 aliphatic carbocycles. The van der Waals surface area contributed by atoms with E-state index in [0.29, 0.717) is 5.56 Å². The van der Waals surface area contributed by atoms with Crippen molar-refractivity contribution in [3.05, 3.63) is 47.2 Å². The van der Waals surface area contributed by atoms with E-state index < -0.39 is 73.1 Å². The fraction of sp³-hybridized carbons (Fsp3) is 0.500. The van der Waals surface area contributed by atoms with Gasteiger partial charge in [-0.2, -0.15) is 0 Å². The summed E-state index contributed by atoms with van der Waals surface area (Å²) in [6, 6.07) is 3.83. The predicted molar refractivity (Wildman–Crippen MR) is 120 cm³/mol. The predicted octanol–water partition coefficient (Wildman–Crippen LogP) is -0.186. The van der Waals surface area contributed by atoms with Gasteiger partial charge in [-0.1, -0.05) is 12.1 Å². The lowest BCUT2D eigenvalue weighted by Crippen LogP contribution is -2.60. The number of esters is 1. The second-order valence-electron chi connectivity index (χ2n) is 8.80. The Bertz CT molecular complexity index is 1080. The number of phenolic OH excluding ortho intramolecular Hbond substituents is 2. The van der Waals surface area contributed by atoms with Crippen molar-refractivity contribution in [2.24, 2.45) is 5.92 Å². The number of rotatable bonds is 2. The molecule has 4 rings (SSSR count). The quantitative estimate of drug-likeness (QED) is 0.169. The van der Waals surface area contributed by atoms with Crippen LogP contribution in [0.2, 0.25) is 0 Å². The average Bonchev–Trinajstić information content (AvgIpc) is 2.86. The molecule has 1 aromatic carbocycles. The van der Waals surface area contributed by atoms with Gasteiger partial charge in [0.25, 0.3) is 0 Å². The maximum absolute atomic E-state index is 12.8. The number of aliphatic hydroxyl groups is 3. The van der Waals surface area contributed by atoms with Crippen LogP contribution in [0.25, 0.3) is 0 Å². The highest BCUT2D eigenvalue weighted by Gasteiger charge is 2.47. The molecule has 2 fully saturated rings. The zero-order valence-corrected chi connectivity index (χ0v) is 19.7. The summed E-state index contributed by atoms with van der Waals surface area (Å²) in [4.78, 5) is 24.6. The van der Waals surface area contributed by atoms with Gasteiger partial charge in [-0.15, -0.1) is 0 Å². The number of fused-ring (bicyclic) bond motifs is 4. The molecule has 6 N–H and O–H groups in total. The smallest absolute Gasteiger partial charge is 0.335 e. The SMILES string of the molecule is CC=C1[C@H]2OC=C(C(=O)O)[C@H]1CC(=O)OC[C@H](c1ccc(O)c(O)c1)OC[C@H]1O[C@@H](O2)[C@H](O)[C@@H](O)[C@@H]1O. The van der Waals surface area contributed by atoms with E-state index in [1.54, 1.807) is 6.92 Å². The number of cyclic esters (lactones) is 1. The molecule has 0 saturated carbocycles. The van der Waals surface area contributed by atoms with Gasteiger partial charge < -0.3 is 54.3 Å². The van der Waals surface area contributed by atoms with E-state index in [9.17, 15) is 40.2 Å². The Hall–Kier alpha value is -3.20. The Balaban J connectivity index is 1.70. The van der Waals surface area contributed by atoms with Crippen LogP contribution < -0.4 is 0 Å². The normalized spacial score (nSPS) is 36.1. The summed E-state index contributed by atoms with van der Waals surface area (Å²) >= 11 is 0. The maximum atomic E-state index is 12.8. The monoisotopic (exact) mass is 524 g/mol. The Labute approximate surface area is 210 Å². The minimum absolute atomic E-state index is 0.230. The van der Waals surface area contributed by atoms with Crippen molar-refractivity contribution < 1.29 is 63.9 Å². The summed E-state index contributed by atoms with van der Waals surface area (Å²) in [7, 11) is 0. The molecule has 3 heterocycles. The molecular weight excluding hydrogens is 496 g/mol. The summed E-state index contributed by atoms with van der Waals surface area (Å²) in [5.74, 6) is -3.94. The molecule has 202 valence electrons. The fourth-order valence-corrected chi connectivity index (χ4v) is 4.39. The van der Waals surface area contributed by atoms with Crippen LogP contribution in [0.3, 0.4) is 0 Å². The van der Waals surface area contributed by atoms with Crippen molar-refractivity contribution in [2.45, 2.75) is 56.4 Å². The molecule has 0 aromatic heterocycles. The van der Waals surface area contributed by atoms with Gasteiger partial charge >= 0.3 is 11.9 Å². The number of aromatic hydroxyl groups is 2. The van der Waals surface area contributed by atoms with Gasteiger partial charge in [0.05, 0.1) is 24.9 Å². The van der Waals surface area contributed by atoms with Crippen LogP contribution in [-0.4, -0.2) is 92.8 Å².